The van der Waals surface area contributed by atoms with E-state index in [-0.39, 0.29) is 6.10 Å². The van der Waals surface area contributed by atoms with Crippen LogP contribution in [-0.2, 0) is 11.3 Å². The van der Waals surface area contributed by atoms with Gasteiger partial charge in [0.2, 0.25) is 0 Å². The third kappa shape index (κ3) is 3.54. The maximum absolute atomic E-state index is 5.80. The Balaban J connectivity index is 1.39. The molecule has 7 heteroatoms. The fourth-order valence-electron chi connectivity index (χ4n) is 3.43. The van der Waals surface area contributed by atoms with Gasteiger partial charge in [-0.1, -0.05) is 28.9 Å². The monoisotopic (exact) mass is 353 g/mol. The number of nitrogens with one attached hydrogen (secondary N) is 2. The maximum Gasteiger partial charge on any atom is 0.256 e. The van der Waals surface area contributed by atoms with Crippen LogP contribution in [0.1, 0.15) is 35.4 Å². The Hall–Kier alpha value is -2.51. The molecule has 1 fully saturated rings. The molecule has 3 heterocycles. The Morgan fingerprint density at radius 2 is 2.23 bits per heavy atom. The molecule has 0 unspecified atom stereocenters. The lowest BCUT2D eigenvalue weighted by Crippen LogP contribution is -2.24. The molecule has 4 rings (SSSR count). The molecule has 0 amide bonds. The second kappa shape index (κ2) is 7.39. The number of H-pyrrole nitrogens is 1. The summed E-state index contributed by atoms with van der Waals surface area (Å²) in [5.41, 5.74) is 4.60. The predicted octanol–water partition coefficient (Wildman–Crippen LogP) is 2.94. The summed E-state index contributed by atoms with van der Waals surface area (Å²) in [6, 6.07) is 8.42. The van der Waals surface area contributed by atoms with Gasteiger partial charge in [0, 0.05) is 36.7 Å². The van der Waals surface area contributed by atoms with Crippen molar-refractivity contribution in [2.75, 3.05) is 13.2 Å². The number of benzene rings is 1. The van der Waals surface area contributed by atoms with Crippen molar-refractivity contribution < 1.29 is 9.26 Å². The van der Waals surface area contributed by atoms with Crippen LogP contribution >= 0.6 is 0 Å². The number of ether oxygens (including phenoxy) is 1. The first-order valence-electron chi connectivity index (χ1n) is 8.92. The minimum atomic E-state index is -0.121. The molecule has 3 aromatic rings. The average Bonchev–Trinajstić information content (AvgIpc) is 3.35. The van der Waals surface area contributed by atoms with Crippen molar-refractivity contribution in [3.05, 3.63) is 53.3 Å². The van der Waals surface area contributed by atoms with E-state index < -0.39 is 0 Å². The Morgan fingerprint density at radius 3 is 3.04 bits per heavy atom. The van der Waals surface area contributed by atoms with Gasteiger partial charge < -0.3 is 14.6 Å². The Morgan fingerprint density at radius 1 is 1.31 bits per heavy atom. The first-order valence-corrected chi connectivity index (χ1v) is 8.92. The second-order valence-corrected chi connectivity index (χ2v) is 6.79. The summed E-state index contributed by atoms with van der Waals surface area (Å²) < 4.78 is 11.1. The molecule has 1 aliphatic rings. The molecule has 0 aliphatic carbocycles. The molecule has 2 aromatic heterocycles. The molecule has 1 aromatic carbocycles. The second-order valence-electron chi connectivity index (χ2n) is 6.79. The fourth-order valence-corrected chi connectivity index (χ4v) is 3.43. The van der Waals surface area contributed by atoms with Crippen LogP contribution in [0.15, 0.2) is 35.0 Å². The zero-order valence-electron chi connectivity index (χ0n) is 15.0. The molecule has 0 spiro atoms. The van der Waals surface area contributed by atoms with Gasteiger partial charge in [-0.3, -0.25) is 5.10 Å². The molecule has 1 saturated heterocycles. The van der Waals surface area contributed by atoms with Crippen LogP contribution in [0.5, 0.6) is 0 Å². The maximum atomic E-state index is 5.80. The summed E-state index contributed by atoms with van der Waals surface area (Å²) in [6.07, 6.45) is 2.74. The first-order chi connectivity index (χ1) is 12.7. The van der Waals surface area contributed by atoms with Gasteiger partial charge in [0.05, 0.1) is 11.9 Å². The standard InChI is InChI=1S/C19H23N5O2/c1-12-4-3-5-14(8-12)17-16(11-21-23-17)10-20-9-15-6-7-25-18(15)19-22-13(2)24-26-19/h3-5,8,11,15,18,20H,6-7,9-10H2,1-2H3,(H,21,23)/t15-,18-/m0/s1. The van der Waals surface area contributed by atoms with Gasteiger partial charge in [-0.25, -0.2) is 0 Å². The number of rotatable bonds is 6. The molecule has 1 aliphatic heterocycles. The van der Waals surface area contributed by atoms with Gasteiger partial charge in [-0.15, -0.1) is 0 Å². The van der Waals surface area contributed by atoms with Crippen LogP contribution < -0.4 is 5.32 Å². The molecule has 0 radical (unpaired) electrons. The Bertz CT molecular complexity index is 872. The molecule has 7 nitrogen and oxygen atoms in total. The van der Waals surface area contributed by atoms with Gasteiger partial charge >= 0.3 is 0 Å². The van der Waals surface area contributed by atoms with Gasteiger partial charge in [-0.05, 0) is 26.3 Å². The lowest BCUT2D eigenvalue weighted by atomic mass is 10.0. The van der Waals surface area contributed by atoms with Crippen LogP contribution in [0.25, 0.3) is 11.3 Å². The highest BCUT2D eigenvalue weighted by atomic mass is 16.5. The SMILES string of the molecule is Cc1cccc(-c2[nH]ncc2CNC[C@@H]2CCO[C@@H]2c2nc(C)no2)c1. The summed E-state index contributed by atoms with van der Waals surface area (Å²) in [7, 11) is 0. The normalized spacial score (nSPS) is 19.9. The number of hydrogen-bond acceptors (Lipinski definition) is 6. The molecular formula is C19H23N5O2. The van der Waals surface area contributed by atoms with E-state index in [1.807, 2.05) is 13.1 Å². The largest absolute Gasteiger partial charge is 0.368 e. The first kappa shape index (κ1) is 16.9. The highest BCUT2D eigenvalue weighted by molar-refractivity contribution is 5.63. The molecule has 2 atom stereocenters. The summed E-state index contributed by atoms with van der Waals surface area (Å²) in [6.45, 7) is 6.20. The summed E-state index contributed by atoms with van der Waals surface area (Å²) in [5.74, 6) is 1.54. The molecule has 26 heavy (non-hydrogen) atoms. The average molecular weight is 353 g/mol. The van der Waals surface area contributed by atoms with E-state index in [0.29, 0.717) is 17.6 Å². The molecule has 0 bridgehead atoms. The quantitative estimate of drug-likeness (QED) is 0.708. The lowest BCUT2D eigenvalue weighted by molar-refractivity contribution is 0.0623. The molecule has 0 saturated carbocycles. The van der Waals surface area contributed by atoms with Crippen molar-refractivity contribution in [1.29, 1.82) is 0 Å². The van der Waals surface area contributed by atoms with E-state index in [1.165, 1.54) is 5.56 Å². The number of aryl methyl sites for hydroxylation is 2. The highest BCUT2D eigenvalue weighted by Gasteiger charge is 2.33. The summed E-state index contributed by atoms with van der Waals surface area (Å²) >= 11 is 0. The topological polar surface area (TPSA) is 88.9 Å². The van der Waals surface area contributed by atoms with Crippen molar-refractivity contribution in [3.8, 4) is 11.3 Å². The van der Waals surface area contributed by atoms with Gasteiger partial charge in [0.15, 0.2) is 5.82 Å². The van der Waals surface area contributed by atoms with Crippen molar-refractivity contribution in [2.24, 2.45) is 5.92 Å². The highest BCUT2D eigenvalue weighted by Crippen LogP contribution is 2.33. The third-order valence-electron chi connectivity index (χ3n) is 4.75. The van der Waals surface area contributed by atoms with E-state index in [2.05, 4.69) is 56.8 Å². The number of hydrogen-bond donors (Lipinski definition) is 2. The van der Waals surface area contributed by atoms with Crippen LogP contribution in [0, 0.1) is 19.8 Å². The van der Waals surface area contributed by atoms with Crippen LogP contribution in [0.4, 0.5) is 0 Å². The minimum Gasteiger partial charge on any atom is -0.368 e. The lowest BCUT2D eigenvalue weighted by Gasteiger charge is -2.15. The number of aromatic amines is 1. The number of aromatic nitrogens is 4. The zero-order chi connectivity index (χ0) is 17.9. The van der Waals surface area contributed by atoms with Gasteiger partial charge in [0.25, 0.3) is 5.89 Å². The molecule has 136 valence electrons. The molecule has 2 N–H and O–H groups in total. The van der Waals surface area contributed by atoms with Crippen molar-refractivity contribution in [3.63, 3.8) is 0 Å². The van der Waals surface area contributed by atoms with E-state index in [0.717, 1.165) is 42.9 Å². The van der Waals surface area contributed by atoms with Crippen LogP contribution in [0.3, 0.4) is 0 Å². The van der Waals surface area contributed by atoms with Crippen LogP contribution in [-0.4, -0.2) is 33.5 Å². The van der Waals surface area contributed by atoms with Crippen LogP contribution in [0.2, 0.25) is 0 Å². The van der Waals surface area contributed by atoms with Gasteiger partial charge in [0.1, 0.15) is 6.10 Å². The van der Waals surface area contributed by atoms with Crippen molar-refractivity contribution in [2.45, 2.75) is 32.9 Å². The van der Waals surface area contributed by atoms with E-state index in [1.54, 1.807) is 0 Å². The Labute approximate surface area is 152 Å². The smallest absolute Gasteiger partial charge is 0.256 e. The predicted molar refractivity (Wildman–Crippen MR) is 96.3 cm³/mol. The summed E-state index contributed by atoms with van der Waals surface area (Å²) in [5, 5.41) is 14.7. The Kier molecular flexibility index (Phi) is 4.81. The zero-order valence-corrected chi connectivity index (χ0v) is 15.0. The summed E-state index contributed by atoms with van der Waals surface area (Å²) in [4.78, 5) is 4.32. The molecular weight excluding hydrogens is 330 g/mol. The third-order valence-corrected chi connectivity index (χ3v) is 4.75. The number of nitrogens with zero attached hydrogens (tertiary/aromatic N) is 3. The minimum absolute atomic E-state index is 0.121. The van der Waals surface area contributed by atoms with E-state index in [4.69, 9.17) is 9.26 Å². The van der Waals surface area contributed by atoms with Crippen molar-refractivity contribution >= 4 is 0 Å². The van der Waals surface area contributed by atoms with Crippen molar-refractivity contribution in [1.82, 2.24) is 25.7 Å². The van der Waals surface area contributed by atoms with E-state index >= 15 is 0 Å². The van der Waals surface area contributed by atoms with E-state index in [9.17, 15) is 0 Å². The fraction of sp³-hybridized carbons (Fsp3) is 0.421. The van der Waals surface area contributed by atoms with Gasteiger partial charge in [-0.2, -0.15) is 10.1 Å².